The Morgan fingerprint density at radius 3 is 2.65 bits per heavy atom. The van der Waals surface area contributed by atoms with Crippen LogP contribution in [-0.2, 0) is 0 Å². The summed E-state index contributed by atoms with van der Waals surface area (Å²) in [5, 5.41) is 6.31. The summed E-state index contributed by atoms with van der Waals surface area (Å²) in [5.74, 6) is -0.805. The third-order valence-electron chi connectivity index (χ3n) is 2.76. The van der Waals surface area contributed by atoms with Crippen molar-refractivity contribution in [2.45, 2.75) is 6.04 Å². The molecule has 1 aromatic carbocycles. The van der Waals surface area contributed by atoms with Crippen molar-refractivity contribution in [1.29, 1.82) is 0 Å². The molecule has 2 N–H and O–H groups in total. The number of benzene rings is 1. The zero-order valence-electron chi connectivity index (χ0n) is 9.96. The van der Waals surface area contributed by atoms with Crippen LogP contribution in [0, 0.1) is 5.82 Å². The van der Waals surface area contributed by atoms with Crippen molar-refractivity contribution in [1.82, 2.24) is 10.2 Å². The number of nitrogens with zero attached hydrogens (tertiary/aromatic N) is 1. The van der Waals surface area contributed by atoms with Gasteiger partial charge in [-0.3, -0.25) is 4.79 Å². The van der Waals surface area contributed by atoms with E-state index < -0.39 is 5.82 Å². The molecule has 0 aromatic heterocycles. The number of rotatable bonds is 3. The molecule has 1 aliphatic heterocycles. The quantitative estimate of drug-likeness (QED) is 0.821. The molecule has 2 rings (SSSR count). The van der Waals surface area contributed by atoms with Crippen molar-refractivity contribution < 1.29 is 9.18 Å². The molecule has 5 heteroatoms. The Morgan fingerprint density at radius 2 is 2.18 bits per heavy atom. The van der Waals surface area contributed by atoms with Gasteiger partial charge in [0.15, 0.2) is 0 Å². The van der Waals surface area contributed by atoms with Gasteiger partial charge in [-0.05, 0) is 18.2 Å². The molecule has 0 aliphatic carbocycles. The molecule has 1 aliphatic rings. The van der Waals surface area contributed by atoms with E-state index in [1.807, 2.05) is 0 Å². The number of anilines is 1. The molecule has 92 valence electrons. The van der Waals surface area contributed by atoms with E-state index in [0.29, 0.717) is 11.7 Å². The predicted molar refractivity (Wildman–Crippen MR) is 64.7 cm³/mol. The molecule has 0 radical (unpaired) electrons. The molecular weight excluding hydrogens is 221 g/mol. The number of hydrogen-bond donors (Lipinski definition) is 2. The number of amides is 1. The smallest absolute Gasteiger partial charge is 0.256 e. The highest BCUT2D eigenvalue weighted by atomic mass is 19.1. The molecule has 1 aromatic rings. The van der Waals surface area contributed by atoms with Gasteiger partial charge in [-0.2, -0.15) is 0 Å². The number of nitrogens with one attached hydrogen (secondary N) is 2. The van der Waals surface area contributed by atoms with E-state index in [4.69, 9.17) is 0 Å². The van der Waals surface area contributed by atoms with E-state index in [1.54, 1.807) is 20.2 Å². The fraction of sp³-hybridized carbons (Fsp3) is 0.417. The highest BCUT2D eigenvalue weighted by Gasteiger charge is 2.18. The number of carbonyl (C=O) groups excluding carboxylic acids is 1. The lowest BCUT2D eigenvalue weighted by molar-refractivity contribution is 0.0823. The summed E-state index contributed by atoms with van der Waals surface area (Å²) in [6.07, 6.45) is 0. The Hall–Kier alpha value is -1.62. The highest BCUT2D eigenvalue weighted by molar-refractivity contribution is 5.94. The first-order valence-electron chi connectivity index (χ1n) is 5.56. The lowest BCUT2D eigenvalue weighted by Gasteiger charge is -2.29. The Bertz CT molecular complexity index is 430. The Morgan fingerprint density at radius 1 is 1.47 bits per heavy atom. The summed E-state index contributed by atoms with van der Waals surface area (Å²) < 4.78 is 13.7. The molecule has 1 fully saturated rings. The number of carbonyl (C=O) groups is 1. The summed E-state index contributed by atoms with van der Waals surface area (Å²) >= 11 is 0. The van der Waals surface area contributed by atoms with Crippen molar-refractivity contribution >= 4 is 11.6 Å². The van der Waals surface area contributed by atoms with Crippen LogP contribution in [0.1, 0.15) is 10.4 Å². The van der Waals surface area contributed by atoms with Crippen LogP contribution < -0.4 is 10.6 Å². The molecular formula is C12H16FN3O. The van der Waals surface area contributed by atoms with Gasteiger partial charge in [-0.15, -0.1) is 0 Å². The normalized spacial score (nSPS) is 15.2. The van der Waals surface area contributed by atoms with Gasteiger partial charge in [0.25, 0.3) is 5.91 Å². The second kappa shape index (κ2) is 4.71. The zero-order valence-corrected chi connectivity index (χ0v) is 9.96. The van der Waals surface area contributed by atoms with E-state index in [1.165, 1.54) is 17.0 Å². The lowest BCUT2D eigenvalue weighted by atomic mass is 10.1. The summed E-state index contributed by atoms with van der Waals surface area (Å²) in [6, 6.07) is 4.98. The van der Waals surface area contributed by atoms with E-state index in [9.17, 15) is 9.18 Å². The maximum absolute atomic E-state index is 13.7. The van der Waals surface area contributed by atoms with E-state index in [2.05, 4.69) is 10.6 Å². The summed E-state index contributed by atoms with van der Waals surface area (Å²) in [5.41, 5.74) is 0.816. The third-order valence-corrected chi connectivity index (χ3v) is 2.76. The Kier molecular flexibility index (Phi) is 3.28. The van der Waals surface area contributed by atoms with Crippen molar-refractivity contribution in [2.75, 3.05) is 32.5 Å². The van der Waals surface area contributed by atoms with Crippen molar-refractivity contribution in [3.8, 4) is 0 Å². The van der Waals surface area contributed by atoms with E-state index in [0.717, 1.165) is 13.1 Å². The van der Waals surface area contributed by atoms with Gasteiger partial charge in [-0.25, -0.2) is 4.39 Å². The second-order valence-corrected chi connectivity index (χ2v) is 4.39. The lowest BCUT2D eigenvalue weighted by Crippen LogP contribution is -2.51. The van der Waals surface area contributed by atoms with Crippen LogP contribution in [0.5, 0.6) is 0 Å². The second-order valence-electron chi connectivity index (χ2n) is 4.39. The minimum atomic E-state index is -0.485. The maximum atomic E-state index is 13.7. The maximum Gasteiger partial charge on any atom is 0.256 e. The van der Waals surface area contributed by atoms with Gasteiger partial charge in [0.05, 0.1) is 11.6 Å². The fourth-order valence-electron chi connectivity index (χ4n) is 1.65. The summed E-state index contributed by atoms with van der Waals surface area (Å²) in [4.78, 5) is 13.0. The average molecular weight is 237 g/mol. The fourth-order valence-corrected chi connectivity index (χ4v) is 1.65. The molecule has 0 unspecified atom stereocenters. The monoisotopic (exact) mass is 237 g/mol. The Labute approximate surface area is 99.8 Å². The van der Waals surface area contributed by atoms with Crippen LogP contribution in [0.15, 0.2) is 18.2 Å². The Balaban J connectivity index is 2.13. The first kappa shape index (κ1) is 11.9. The third kappa shape index (κ3) is 2.55. The molecule has 0 atom stereocenters. The molecule has 1 amide bonds. The highest BCUT2D eigenvalue weighted by Crippen LogP contribution is 2.17. The molecule has 0 spiro atoms. The number of hydrogen-bond acceptors (Lipinski definition) is 3. The number of halogens is 1. The zero-order chi connectivity index (χ0) is 12.4. The van der Waals surface area contributed by atoms with Crippen molar-refractivity contribution in [3.05, 3.63) is 29.6 Å². The molecule has 0 bridgehead atoms. The van der Waals surface area contributed by atoms with Gasteiger partial charge in [0.2, 0.25) is 0 Å². The predicted octanol–water partition coefficient (Wildman–Crippen LogP) is 0.911. The minimum Gasteiger partial charge on any atom is -0.380 e. The van der Waals surface area contributed by atoms with Crippen LogP contribution in [0.3, 0.4) is 0 Å². The largest absolute Gasteiger partial charge is 0.380 e. The van der Waals surface area contributed by atoms with Crippen molar-refractivity contribution in [2.24, 2.45) is 0 Å². The van der Waals surface area contributed by atoms with Crippen LogP contribution in [-0.4, -0.2) is 44.0 Å². The molecule has 4 nitrogen and oxygen atoms in total. The topological polar surface area (TPSA) is 44.4 Å². The standard InChI is InChI=1S/C12H16FN3O/c1-16(2)12(17)10-4-3-8(5-11(10)13)15-9-6-14-7-9/h3-5,9,14-15H,6-7H2,1-2H3. The van der Waals surface area contributed by atoms with Gasteiger partial charge >= 0.3 is 0 Å². The van der Waals surface area contributed by atoms with Crippen LogP contribution in [0.2, 0.25) is 0 Å². The molecule has 1 heterocycles. The van der Waals surface area contributed by atoms with Crippen LogP contribution in [0.4, 0.5) is 10.1 Å². The minimum absolute atomic E-state index is 0.104. The van der Waals surface area contributed by atoms with Gasteiger partial charge in [0.1, 0.15) is 5.82 Å². The summed E-state index contributed by atoms with van der Waals surface area (Å²) in [6.45, 7) is 1.78. The SMILES string of the molecule is CN(C)C(=O)c1ccc(NC2CNC2)cc1F. The van der Waals surface area contributed by atoms with E-state index in [-0.39, 0.29) is 11.5 Å². The van der Waals surface area contributed by atoms with Gasteiger partial charge in [-0.1, -0.05) is 0 Å². The first-order valence-corrected chi connectivity index (χ1v) is 5.56. The molecule has 17 heavy (non-hydrogen) atoms. The van der Waals surface area contributed by atoms with Crippen molar-refractivity contribution in [3.63, 3.8) is 0 Å². The first-order chi connectivity index (χ1) is 8.08. The van der Waals surface area contributed by atoms with Crippen LogP contribution in [0.25, 0.3) is 0 Å². The molecule has 0 saturated carbocycles. The van der Waals surface area contributed by atoms with E-state index >= 15 is 0 Å². The van der Waals surface area contributed by atoms with Gasteiger partial charge in [0, 0.05) is 32.9 Å². The average Bonchev–Trinajstić information content (AvgIpc) is 2.22. The van der Waals surface area contributed by atoms with Crippen LogP contribution >= 0.6 is 0 Å². The summed E-state index contributed by atoms with van der Waals surface area (Å²) in [7, 11) is 3.21. The van der Waals surface area contributed by atoms with Gasteiger partial charge < -0.3 is 15.5 Å². The molecule has 1 saturated heterocycles.